The number of hydrogen-bond donors (Lipinski definition) is 3. The summed E-state index contributed by atoms with van der Waals surface area (Å²) in [7, 11) is -1.12. The largest absolute Gasteiger partial charge is 0.504 e. The van der Waals surface area contributed by atoms with Crippen molar-refractivity contribution in [3.63, 3.8) is 0 Å². The summed E-state index contributed by atoms with van der Waals surface area (Å²) in [5.41, 5.74) is 2.31. The first-order valence-corrected chi connectivity index (χ1v) is 12.9. The van der Waals surface area contributed by atoms with E-state index < -0.39 is 10.0 Å². The SMILES string of the molecule is COc1cc(/C=C/C(=O)CC(/C=C/c2ccc(O)c(OC)c2)=N/NS(=O)(=O)c2ccc(C)cc2)ccc1O. The molecule has 0 atom stereocenters. The van der Waals surface area contributed by atoms with Gasteiger partial charge in [0.15, 0.2) is 28.8 Å². The lowest BCUT2D eigenvalue weighted by molar-refractivity contribution is -0.113. The number of hydrogen-bond acceptors (Lipinski definition) is 8. The molecule has 0 heterocycles. The van der Waals surface area contributed by atoms with E-state index in [0.29, 0.717) is 11.1 Å². The molecular formula is C28H28N2O7S. The predicted octanol–water partition coefficient (Wildman–Crippen LogP) is 4.44. The molecule has 0 aliphatic heterocycles. The summed E-state index contributed by atoms with van der Waals surface area (Å²) in [6.45, 7) is 1.84. The second-order valence-electron chi connectivity index (χ2n) is 8.18. The minimum atomic E-state index is -3.97. The third-order valence-electron chi connectivity index (χ3n) is 5.33. The van der Waals surface area contributed by atoms with Gasteiger partial charge in [0.05, 0.1) is 31.2 Å². The third-order valence-corrected chi connectivity index (χ3v) is 6.56. The van der Waals surface area contributed by atoms with Crippen molar-refractivity contribution in [1.29, 1.82) is 0 Å². The van der Waals surface area contributed by atoms with Gasteiger partial charge in [-0.3, -0.25) is 4.79 Å². The van der Waals surface area contributed by atoms with Crippen LogP contribution in [0.25, 0.3) is 12.2 Å². The first-order valence-electron chi connectivity index (χ1n) is 11.4. The number of phenolic OH excluding ortho intramolecular Hbond substituents is 2. The van der Waals surface area contributed by atoms with Crippen LogP contribution in [0.1, 0.15) is 23.1 Å². The number of nitrogens with one attached hydrogen (secondary N) is 1. The highest BCUT2D eigenvalue weighted by Gasteiger charge is 2.13. The molecule has 198 valence electrons. The zero-order valence-corrected chi connectivity index (χ0v) is 21.9. The maximum atomic E-state index is 12.7. The number of ketones is 1. The number of phenols is 2. The van der Waals surface area contributed by atoms with Crippen molar-refractivity contribution >= 4 is 33.7 Å². The summed E-state index contributed by atoms with van der Waals surface area (Å²) in [4.78, 5) is 14.9. The van der Waals surface area contributed by atoms with Gasteiger partial charge in [-0.15, -0.1) is 0 Å². The molecule has 0 spiro atoms. The molecule has 0 fully saturated rings. The summed E-state index contributed by atoms with van der Waals surface area (Å²) in [5.74, 6) is 0.116. The van der Waals surface area contributed by atoms with E-state index in [-0.39, 0.29) is 45.8 Å². The molecule has 38 heavy (non-hydrogen) atoms. The summed E-state index contributed by atoms with van der Waals surface area (Å²) in [6.07, 6.45) is 5.77. The first-order chi connectivity index (χ1) is 18.1. The van der Waals surface area contributed by atoms with E-state index in [4.69, 9.17) is 9.47 Å². The first kappa shape index (κ1) is 28.0. The maximum absolute atomic E-state index is 12.7. The van der Waals surface area contributed by atoms with Crippen LogP contribution in [0.2, 0.25) is 0 Å². The van der Waals surface area contributed by atoms with Gasteiger partial charge < -0.3 is 19.7 Å². The molecule has 0 radical (unpaired) electrons. The van der Waals surface area contributed by atoms with Gasteiger partial charge in [0.1, 0.15) is 0 Å². The molecule has 0 unspecified atom stereocenters. The Balaban J connectivity index is 1.85. The minimum absolute atomic E-state index is 0.0257. The quantitative estimate of drug-likeness (QED) is 0.187. The number of ether oxygens (including phenoxy) is 2. The van der Waals surface area contributed by atoms with Gasteiger partial charge >= 0.3 is 0 Å². The molecule has 0 aliphatic carbocycles. The van der Waals surface area contributed by atoms with Crippen LogP contribution in [0, 0.1) is 6.92 Å². The lowest BCUT2D eigenvalue weighted by Crippen LogP contribution is -2.20. The predicted molar refractivity (Wildman–Crippen MR) is 146 cm³/mol. The highest BCUT2D eigenvalue weighted by molar-refractivity contribution is 7.89. The Bertz CT molecular complexity index is 1490. The topological polar surface area (TPSA) is 135 Å². The van der Waals surface area contributed by atoms with Crippen LogP contribution in [0.4, 0.5) is 0 Å². The van der Waals surface area contributed by atoms with E-state index in [9.17, 15) is 23.4 Å². The Kier molecular flexibility index (Phi) is 9.28. The number of aromatic hydroxyl groups is 2. The highest BCUT2D eigenvalue weighted by atomic mass is 32.2. The van der Waals surface area contributed by atoms with Gasteiger partial charge in [-0.1, -0.05) is 42.0 Å². The lowest BCUT2D eigenvalue weighted by atomic mass is 10.1. The van der Waals surface area contributed by atoms with Crippen LogP contribution in [0.3, 0.4) is 0 Å². The van der Waals surface area contributed by atoms with Crippen molar-refractivity contribution in [3.8, 4) is 23.0 Å². The number of allylic oxidation sites excluding steroid dienone is 2. The van der Waals surface area contributed by atoms with E-state index in [1.54, 1.807) is 48.6 Å². The Morgan fingerprint density at radius 3 is 1.92 bits per heavy atom. The van der Waals surface area contributed by atoms with Crippen LogP contribution in [-0.2, 0) is 14.8 Å². The standard InChI is InChI=1S/C28H28N2O7S/c1-19-4-12-24(13-5-19)38(34,35)30-29-22(10-6-20-8-14-25(32)27(16-20)36-2)18-23(31)11-7-21-9-15-26(33)28(17-21)37-3/h4-17,30,32-33H,18H2,1-3H3/b10-6+,11-7+,29-22+. The van der Waals surface area contributed by atoms with Crippen molar-refractivity contribution in [1.82, 2.24) is 4.83 Å². The highest BCUT2D eigenvalue weighted by Crippen LogP contribution is 2.27. The Hall–Kier alpha value is -4.57. The fraction of sp³-hybridized carbons (Fsp3) is 0.143. The second-order valence-corrected chi connectivity index (χ2v) is 9.84. The smallest absolute Gasteiger partial charge is 0.276 e. The Labute approximate surface area is 221 Å². The molecular weight excluding hydrogens is 508 g/mol. The number of hydrazone groups is 1. The number of aryl methyl sites for hydroxylation is 1. The zero-order valence-electron chi connectivity index (χ0n) is 21.1. The number of carbonyl (C=O) groups is 1. The molecule has 3 aromatic rings. The van der Waals surface area contributed by atoms with Crippen LogP contribution < -0.4 is 14.3 Å². The van der Waals surface area contributed by atoms with Crippen LogP contribution in [0.15, 0.2) is 82.8 Å². The fourth-order valence-corrected chi connectivity index (χ4v) is 4.08. The number of nitrogens with zero attached hydrogens (tertiary/aromatic N) is 1. The fourth-order valence-electron chi connectivity index (χ4n) is 3.24. The molecule has 3 rings (SSSR count). The van der Waals surface area contributed by atoms with Gasteiger partial charge in [0.25, 0.3) is 10.0 Å². The Morgan fingerprint density at radius 1 is 0.868 bits per heavy atom. The monoisotopic (exact) mass is 536 g/mol. The minimum Gasteiger partial charge on any atom is -0.504 e. The number of sulfonamides is 1. The molecule has 0 saturated carbocycles. The normalized spacial score (nSPS) is 12.1. The van der Waals surface area contributed by atoms with E-state index in [1.165, 1.54) is 50.6 Å². The second kappa shape index (κ2) is 12.6. The number of rotatable bonds is 11. The summed E-state index contributed by atoms with van der Waals surface area (Å²) < 4.78 is 35.6. The van der Waals surface area contributed by atoms with Crippen molar-refractivity contribution in [3.05, 3.63) is 89.5 Å². The molecule has 3 aromatic carbocycles. The average molecular weight is 537 g/mol. The third kappa shape index (κ3) is 7.71. The van der Waals surface area contributed by atoms with Crippen molar-refractivity contribution in [2.45, 2.75) is 18.2 Å². The zero-order chi connectivity index (χ0) is 27.7. The number of benzene rings is 3. The number of carbonyl (C=O) groups excluding carboxylic acids is 1. The van der Waals surface area contributed by atoms with Crippen molar-refractivity contribution in [2.75, 3.05) is 14.2 Å². The van der Waals surface area contributed by atoms with E-state index in [0.717, 1.165) is 5.56 Å². The summed E-state index contributed by atoms with van der Waals surface area (Å²) >= 11 is 0. The summed E-state index contributed by atoms with van der Waals surface area (Å²) in [5, 5.41) is 23.6. The van der Waals surface area contributed by atoms with E-state index >= 15 is 0 Å². The molecule has 0 aromatic heterocycles. The molecule has 10 heteroatoms. The van der Waals surface area contributed by atoms with Crippen molar-refractivity contribution in [2.24, 2.45) is 5.10 Å². The molecule has 0 saturated heterocycles. The molecule has 9 nitrogen and oxygen atoms in total. The van der Waals surface area contributed by atoms with Crippen LogP contribution >= 0.6 is 0 Å². The van der Waals surface area contributed by atoms with Crippen LogP contribution in [0.5, 0.6) is 23.0 Å². The molecule has 0 bridgehead atoms. The van der Waals surface area contributed by atoms with Crippen molar-refractivity contribution < 1.29 is 32.9 Å². The molecule has 0 amide bonds. The van der Waals surface area contributed by atoms with Gasteiger partial charge in [-0.2, -0.15) is 18.4 Å². The molecule has 0 aliphatic rings. The summed E-state index contributed by atoms with van der Waals surface area (Å²) in [6, 6.07) is 15.6. The van der Waals surface area contributed by atoms with E-state index in [1.807, 2.05) is 6.92 Å². The van der Waals surface area contributed by atoms with Gasteiger partial charge in [-0.05, 0) is 66.6 Å². The van der Waals surface area contributed by atoms with Gasteiger partial charge in [0, 0.05) is 0 Å². The number of methoxy groups -OCH3 is 2. The average Bonchev–Trinajstić information content (AvgIpc) is 2.90. The molecule has 3 N–H and O–H groups in total. The lowest BCUT2D eigenvalue weighted by Gasteiger charge is -2.06. The van der Waals surface area contributed by atoms with Gasteiger partial charge in [0.2, 0.25) is 0 Å². The maximum Gasteiger partial charge on any atom is 0.276 e. The van der Waals surface area contributed by atoms with Gasteiger partial charge in [-0.25, -0.2) is 0 Å². The van der Waals surface area contributed by atoms with Crippen LogP contribution in [-0.4, -0.2) is 44.3 Å². The Morgan fingerprint density at radius 2 is 1.39 bits per heavy atom. The van der Waals surface area contributed by atoms with E-state index in [2.05, 4.69) is 9.93 Å².